The van der Waals surface area contributed by atoms with Gasteiger partial charge in [-0.2, -0.15) is 0 Å². The number of nitrogens with one attached hydrogen (secondary N) is 1. The molecule has 0 atom stereocenters. The van der Waals surface area contributed by atoms with E-state index in [4.69, 9.17) is 20.8 Å². The number of amides is 1. The molecule has 7 nitrogen and oxygen atoms in total. The lowest BCUT2D eigenvalue weighted by molar-refractivity contribution is -0.357. The van der Waals surface area contributed by atoms with Gasteiger partial charge in [-0.3, -0.25) is 14.1 Å². The molecule has 0 radical (unpaired) electrons. The number of benzene rings is 1. The quantitative estimate of drug-likeness (QED) is 0.666. The van der Waals surface area contributed by atoms with Gasteiger partial charge in [0.25, 0.3) is 0 Å². The van der Waals surface area contributed by atoms with Crippen molar-refractivity contribution in [1.82, 2.24) is 9.88 Å². The predicted molar refractivity (Wildman–Crippen MR) is 106 cm³/mol. The Morgan fingerprint density at radius 3 is 2.47 bits per heavy atom. The molecule has 4 aliphatic rings. The Labute approximate surface area is 185 Å². The number of alkyl halides is 3. The van der Waals surface area contributed by atoms with Crippen molar-refractivity contribution in [3.8, 4) is 11.3 Å². The lowest BCUT2D eigenvalue weighted by Crippen LogP contribution is -2.79. The third-order valence-electron chi connectivity index (χ3n) is 6.49. The van der Waals surface area contributed by atoms with Crippen molar-refractivity contribution in [2.75, 3.05) is 6.61 Å². The minimum absolute atomic E-state index is 0.112. The molecule has 2 aromatic rings. The Bertz CT molecular complexity index is 1070. The van der Waals surface area contributed by atoms with Crippen molar-refractivity contribution in [2.24, 2.45) is 0 Å². The van der Waals surface area contributed by atoms with Crippen LogP contribution in [0.15, 0.2) is 39.7 Å². The Balaban J connectivity index is 1.10. The topological polar surface area (TPSA) is 82.7 Å². The molecule has 0 spiro atoms. The molecule has 4 fully saturated rings. The fourth-order valence-electron chi connectivity index (χ4n) is 5.00. The van der Waals surface area contributed by atoms with E-state index >= 15 is 0 Å². The fourth-order valence-corrected chi connectivity index (χ4v) is 5.13. The van der Waals surface area contributed by atoms with Crippen LogP contribution in [0.2, 0.25) is 5.02 Å². The van der Waals surface area contributed by atoms with E-state index in [0.29, 0.717) is 30.0 Å². The highest BCUT2D eigenvalue weighted by Crippen LogP contribution is 2.64. The smallest absolute Gasteiger partial charge is 0.408 e. The van der Waals surface area contributed by atoms with Crippen LogP contribution in [0.4, 0.5) is 13.2 Å². The van der Waals surface area contributed by atoms with E-state index in [9.17, 15) is 22.8 Å². The van der Waals surface area contributed by atoms with Crippen LogP contribution in [0, 0.1) is 0 Å². The van der Waals surface area contributed by atoms with Gasteiger partial charge in [-0.25, -0.2) is 4.79 Å². The minimum atomic E-state index is -4.65. The average molecular weight is 473 g/mol. The van der Waals surface area contributed by atoms with Crippen molar-refractivity contribution in [2.45, 2.75) is 61.8 Å². The largest absolute Gasteiger partial charge is 0.522 e. The van der Waals surface area contributed by atoms with Gasteiger partial charge in [0, 0.05) is 29.0 Å². The van der Waals surface area contributed by atoms with E-state index in [2.05, 4.69) is 10.1 Å². The molecule has 0 aliphatic heterocycles. The van der Waals surface area contributed by atoms with E-state index in [1.807, 2.05) is 0 Å². The average Bonchev–Trinajstić information content (AvgIpc) is 3.00. The number of hydrogen-bond donors (Lipinski definition) is 1. The lowest BCUT2D eigenvalue weighted by Gasteiger charge is -2.70. The zero-order chi connectivity index (χ0) is 22.7. The predicted octanol–water partition coefficient (Wildman–Crippen LogP) is 3.59. The van der Waals surface area contributed by atoms with Crippen LogP contribution in [-0.4, -0.2) is 41.2 Å². The van der Waals surface area contributed by atoms with Crippen LogP contribution in [0.1, 0.15) is 32.1 Å². The number of hydrogen-bond acceptors (Lipinski definition) is 5. The fraction of sp³-hybridized carbons (Fsp3) is 0.524. The molecule has 1 heterocycles. The molecule has 4 aliphatic carbocycles. The molecule has 1 N–H and O–H groups in total. The van der Waals surface area contributed by atoms with Gasteiger partial charge in [0.05, 0.1) is 23.9 Å². The Morgan fingerprint density at radius 2 is 1.84 bits per heavy atom. The summed E-state index contributed by atoms with van der Waals surface area (Å²) in [4.78, 5) is 24.6. The molecule has 1 aromatic heterocycles. The second-order valence-corrected chi connectivity index (χ2v) is 9.35. The first-order chi connectivity index (χ1) is 15.0. The summed E-state index contributed by atoms with van der Waals surface area (Å²) in [7, 11) is 0. The summed E-state index contributed by atoms with van der Waals surface area (Å²) in [6.45, 7) is -0.218. The number of ether oxygens (including phenoxy) is 2. The van der Waals surface area contributed by atoms with Gasteiger partial charge in [-0.1, -0.05) is 11.6 Å². The molecule has 6 rings (SSSR count). The summed E-state index contributed by atoms with van der Waals surface area (Å²) in [5.41, 5.74) is 0.00477. The minimum Gasteiger partial charge on any atom is -0.408 e. The molecule has 11 heteroatoms. The van der Waals surface area contributed by atoms with Gasteiger partial charge in [0.15, 0.2) is 5.76 Å². The molecule has 172 valence electrons. The maximum Gasteiger partial charge on any atom is 0.522 e. The van der Waals surface area contributed by atoms with E-state index in [1.165, 1.54) is 0 Å². The van der Waals surface area contributed by atoms with Crippen molar-refractivity contribution in [1.29, 1.82) is 0 Å². The van der Waals surface area contributed by atoms with Crippen LogP contribution < -0.4 is 11.1 Å². The van der Waals surface area contributed by atoms with Crippen LogP contribution in [0.3, 0.4) is 0 Å². The van der Waals surface area contributed by atoms with Gasteiger partial charge in [0.1, 0.15) is 6.61 Å². The number of rotatable bonds is 7. The van der Waals surface area contributed by atoms with Crippen molar-refractivity contribution < 1.29 is 31.9 Å². The first-order valence-electron chi connectivity index (χ1n) is 10.2. The van der Waals surface area contributed by atoms with E-state index < -0.39 is 24.3 Å². The number of halogens is 4. The molecule has 1 amide bonds. The van der Waals surface area contributed by atoms with Crippen molar-refractivity contribution in [3.05, 3.63) is 46.0 Å². The first-order valence-corrected chi connectivity index (χ1v) is 10.6. The highest BCUT2D eigenvalue weighted by atomic mass is 35.5. The maximum atomic E-state index is 12.4. The third-order valence-corrected chi connectivity index (χ3v) is 6.74. The maximum absolute atomic E-state index is 12.4. The summed E-state index contributed by atoms with van der Waals surface area (Å²) >= 11 is 5.90. The zero-order valence-corrected chi connectivity index (χ0v) is 17.5. The SMILES string of the molecule is O=C(CO[C@H]1C[C@@H](OC(F)(F)F)C1)NC12CC(n3cc(-c4ccc(Cl)cc4)oc3=O)(C1)C2. The number of aromatic nitrogens is 1. The Kier molecular flexibility index (Phi) is 4.95. The molecular formula is C21H20ClF3N2O5. The second-order valence-electron chi connectivity index (χ2n) is 8.91. The normalized spacial score (nSPS) is 30.8. The summed E-state index contributed by atoms with van der Waals surface area (Å²) < 4.78 is 52.6. The number of carbonyl (C=O) groups is 1. The van der Waals surface area contributed by atoms with E-state index in [0.717, 1.165) is 5.56 Å². The standard InChI is InChI=1S/C21H20ClF3N2O5/c22-13-3-1-12(2-4-13)16-7-27(18(29)31-16)20-9-19(10-20,11-20)26-17(28)8-30-14-5-15(6-14)32-21(23,24)25/h1-4,7,14-15H,5-6,8-11H2,(H,26,28)/t14-,15+,19?,20?. The molecule has 2 bridgehead atoms. The van der Waals surface area contributed by atoms with Gasteiger partial charge in [0.2, 0.25) is 5.91 Å². The second kappa shape index (κ2) is 7.36. The van der Waals surface area contributed by atoms with Gasteiger partial charge in [-0.05, 0) is 43.5 Å². The van der Waals surface area contributed by atoms with Crippen LogP contribution in [0.5, 0.6) is 0 Å². The molecule has 1 aromatic carbocycles. The van der Waals surface area contributed by atoms with E-state index in [-0.39, 0.29) is 36.4 Å². The number of carbonyl (C=O) groups excluding carboxylic acids is 1. The summed E-state index contributed by atoms with van der Waals surface area (Å²) in [6, 6.07) is 6.98. The van der Waals surface area contributed by atoms with E-state index in [1.54, 1.807) is 35.0 Å². The van der Waals surface area contributed by atoms with Gasteiger partial charge < -0.3 is 14.5 Å². The highest BCUT2D eigenvalue weighted by Gasteiger charge is 2.70. The lowest BCUT2D eigenvalue weighted by atomic mass is 9.44. The van der Waals surface area contributed by atoms with Gasteiger partial charge in [-0.15, -0.1) is 13.2 Å². The molecular weight excluding hydrogens is 453 g/mol. The summed E-state index contributed by atoms with van der Waals surface area (Å²) in [6.07, 6.45) is -2.24. The van der Waals surface area contributed by atoms with Crippen molar-refractivity contribution in [3.63, 3.8) is 0 Å². The summed E-state index contributed by atoms with van der Waals surface area (Å²) in [5.74, 6) is -0.311. The summed E-state index contributed by atoms with van der Waals surface area (Å²) in [5, 5.41) is 3.52. The van der Waals surface area contributed by atoms with Crippen LogP contribution in [-0.2, 0) is 19.8 Å². The number of oxazole rings is 1. The Hall–Kier alpha value is -2.30. The van der Waals surface area contributed by atoms with Crippen LogP contribution in [0.25, 0.3) is 11.3 Å². The van der Waals surface area contributed by atoms with Crippen molar-refractivity contribution >= 4 is 17.5 Å². The number of nitrogens with zero attached hydrogens (tertiary/aromatic N) is 1. The molecule has 0 saturated heterocycles. The zero-order valence-electron chi connectivity index (χ0n) is 16.8. The molecule has 4 saturated carbocycles. The monoisotopic (exact) mass is 472 g/mol. The third kappa shape index (κ3) is 3.95. The first kappa shape index (κ1) is 21.5. The van der Waals surface area contributed by atoms with Gasteiger partial charge >= 0.3 is 12.1 Å². The van der Waals surface area contributed by atoms with Crippen LogP contribution >= 0.6 is 11.6 Å². The Morgan fingerprint density at radius 1 is 1.19 bits per heavy atom. The highest BCUT2D eigenvalue weighted by molar-refractivity contribution is 6.30. The molecule has 32 heavy (non-hydrogen) atoms. The molecule has 0 unspecified atom stereocenters.